The van der Waals surface area contributed by atoms with Crippen LogP contribution in [0.3, 0.4) is 0 Å². The van der Waals surface area contributed by atoms with Crippen LogP contribution in [0, 0.1) is 0 Å². The van der Waals surface area contributed by atoms with Gasteiger partial charge in [0.2, 0.25) is 0 Å². The fourth-order valence-electron chi connectivity index (χ4n) is 0.483. The summed E-state index contributed by atoms with van der Waals surface area (Å²) in [5, 5.41) is 0. The van der Waals surface area contributed by atoms with Crippen molar-refractivity contribution >= 4 is 5.84 Å². The molecule has 0 atom stereocenters. The second-order valence-corrected chi connectivity index (χ2v) is 1.61. The van der Waals surface area contributed by atoms with Crippen LogP contribution >= 0.6 is 0 Å². The van der Waals surface area contributed by atoms with Crippen LogP contribution in [0.1, 0.15) is 12.8 Å². The first-order chi connectivity index (χ1) is 4.35. The van der Waals surface area contributed by atoms with Gasteiger partial charge in [0.05, 0.1) is 6.67 Å². The predicted octanol–water partition coefficient (Wildman–Crippen LogP) is 0.228. The summed E-state index contributed by atoms with van der Waals surface area (Å²) in [7, 11) is 1.62. The molecule has 3 N–H and O–H groups in total. The maximum Gasteiger partial charge on any atom is 0.110 e. The van der Waals surface area contributed by atoms with Crippen molar-refractivity contribution in [1.82, 2.24) is 5.43 Å². The van der Waals surface area contributed by atoms with Gasteiger partial charge in [-0.15, -0.1) is 0 Å². The molecule has 0 aromatic heterocycles. The van der Waals surface area contributed by atoms with Crippen LogP contribution in [0.5, 0.6) is 0 Å². The Balaban J connectivity index is 3.33. The Kier molecular flexibility index (Phi) is 5.11. The number of aliphatic imine (C=N–C) groups is 1. The Hall–Kier alpha value is -0.640. The van der Waals surface area contributed by atoms with E-state index in [1.807, 2.05) is 0 Å². The number of halogens is 1. The van der Waals surface area contributed by atoms with Gasteiger partial charge in [-0.05, 0) is 6.42 Å². The number of hydrazine groups is 1. The zero-order valence-corrected chi connectivity index (χ0v) is 5.52. The third-order valence-corrected chi connectivity index (χ3v) is 0.984. The van der Waals surface area contributed by atoms with Gasteiger partial charge in [-0.25, -0.2) is 5.84 Å². The van der Waals surface area contributed by atoms with Gasteiger partial charge in [-0.2, -0.15) is 0 Å². The molecule has 0 aromatic rings. The van der Waals surface area contributed by atoms with Crippen molar-refractivity contribution in [3.8, 4) is 0 Å². The SMILES string of the molecule is CN=C(CCCF)NN. The second-order valence-electron chi connectivity index (χ2n) is 1.61. The van der Waals surface area contributed by atoms with Crippen LogP contribution in [0.2, 0.25) is 0 Å². The Morgan fingerprint density at radius 2 is 2.44 bits per heavy atom. The fraction of sp³-hybridized carbons (Fsp3) is 0.800. The monoisotopic (exact) mass is 133 g/mol. The largest absolute Gasteiger partial charge is 0.312 e. The van der Waals surface area contributed by atoms with Crippen molar-refractivity contribution in [2.75, 3.05) is 13.7 Å². The smallest absolute Gasteiger partial charge is 0.110 e. The van der Waals surface area contributed by atoms with Crippen LogP contribution in [0.25, 0.3) is 0 Å². The van der Waals surface area contributed by atoms with Gasteiger partial charge in [0, 0.05) is 13.5 Å². The highest BCUT2D eigenvalue weighted by atomic mass is 19.1. The number of nitrogens with two attached hydrogens (primary N) is 1. The number of rotatable bonds is 3. The molecule has 0 unspecified atom stereocenters. The van der Waals surface area contributed by atoms with E-state index in [4.69, 9.17) is 5.84 Å². The maximum absolute atomic E-state index is 11.5. The van der Waals surface area contributed by atoms with E-state index in [1.54, 1.807) is 7.05 Å². The van der Waals surface area contributed by atoms with Crippen molar-refractivity contribution in [2.45, 2.75) is 12.8 Å². The topological polar surface area (TPSA) is 50.4 Å². The molecule has 0 rings (SSSR count). The van der Waals surface area contributed by atoms with Gasteiger partial charge in [-0.1, -0.05) is 0 Å². The second kappa shape index (κ2) is 5.50. The summed E-state index contributed by atoms with van der Waals surface area (Å²) in [5.74, 6) is 5.67. The van der Waals surface area contributed by atoms with E-state index in [1.165, 1.54) is 0 Å². The highest BCUT2D eigenvalue weighted by Crippen LogP contribution is 1.89. The quantitative estimate of drug-likeness (QED) is 0.250. The van der Waals surface area contributed by atoms with E-state index in [9.17, 15) is 4.39 Å². The molecule has 4 heteroatoms. The van der Waals surface area contributed by atoms with Gasteiger partial charge in [0.1, 0.15) is 5.84 Å². The maximum atomic E-state index is 11.5. The van der Waals surface area contributed by atoms with Gasteiger partial charge in [0.15, 0.2) is 0 Å². The van der Waals surface area contributed by atoms with E-state index < -0.39 is 0 Å². The molecule has 0 saturated carbocycles. The first-order valence-electron chi connectivity index (χ1n) is 2.83. The van der Waals surface area contributed by atoms with Gasteiger partial charge in [-0.3, -0.25) is 9.38 Å². The zero-order chi connectivity index (χ0) is 7.11. The molecule has 0 aromatic carbocycles. The van der Waals surface area contributed by atoms with Crippen molar-refractivity contribution in [2.24, 2.45) is 10.8 Å². The lowest BCUT2D eigenvalue weighted by Crippen LogP contribution is -2.30. The van der Waals surface area contributed by atoms with Gasteiger partial charge >= 0.3 is 0 Å². The third-order valence-electron chi connectivity index (χ3n) is 0.984. The standard InChI is InChI=1S/C5H12FN3/c1-8-5(9-7)3-2-4-6/h2-4,7H2,1H3,(H,8,9). The molecular weight excluding hydrogens is 121 g/mol. The van der Waals surface area contributed by atoms with Crippen LogP contribution in [-0.4, -0.2) is 19.6 Å². The summed E-state index contributed by atoms with van der Waals surface area (Å²) in [5.41, 5.74) is 2.37. The normalized spacial score (nSPS) is 11.7. The molecule has 3 nitrogen and oxygen atoms in total. The van der Waals surface area contributed by atoms with Crippen LogP contribution < -0.4 is 11.3 Å². The Morgan fingerprint density at radius 1 is 1.78 bits per heavy atom. The van der Waals surface area contributed by atoms with Crippen molar-refractivity contribution < 1.29 is 4.39 Å². The summed E-state index contributed by atoms with van der Waals surface area (Å²) >= 11 is 0. The van der Waals surface area contributed by atoms with Crippen LogP contribution in [-0.2, 0) is 0 Å². The number of hydrogen-bond acceptors (Lipinski definition) is 2. The Morgan fingerprint density at radius 3 is 2.78 bits per heavy atom. The average Bonchev–Trinajstić information content (AvgIpc) is 1.91. The lowest BCUT2D eigenvalue weighted by molar-refractivity contribution is 0.477. The zero-order valence-electron chi connectivity index (χ0n) is 5.52. The predicted molar refractivity (Wildman–Crippen MR) is 35.9 cm³/mol. The minimum Gasteiger partial charge on any atom is -0.312 e. The summed E-state index contributed by atoms with van der Waals surface area (Å²) in [4.78, 5) is 3.76. The molecule has 0 amide bonds. The van der Waals surface area contributed by atoms with E-state index in [0.29, 0.717) is 18.7 Å². The lowest BCUT2D eigenvalue weighted by atomic mass is 10.3. The number of nitrogens with zero attached hydrogens (tertiary/aromatic N) is 1. The summed E-state index contributed by atoms with van der Waals surface area (Å²) in [6.07, 6.45) is 1.07. The first-order valence-corrected chi connectivity index (χ1v) is 2.83. The first kappa shape index (κ1) is 8.36. The van der Waals surface area contributed by atoms with Crippen molar-refractivity contribution in [1.29, 1.82) is 0 Å². The molecule has 0 radical (unpaired) electrons. The van der Waals surface area contributed by atoms with E-state index in [2.05, 4.69) is 10.4 Å². The Bertz CT molecular complexity index is 92.2. The molecule has 0 bridgehead atoms. The molecule has 0 heterocycles. The van der Waals surface area contributed by atoms with Crippen molar-refractivity contribution in [3.05, 3.63) is 0 Å². The highest BCUT2D eigenvalue weighted by molar-refractivity contribution is 5.81. The molecule has 54 valence electrons. The van der Waals surface area contributed by atoms with Gasteiger partial charge in [0.25, 0.3) is 0 Å². The minimum atomic E-state index is -0.319. The molecule has 0 spiro atoms. The summed E-state index contributed by atoms with van der Waals surface area (Å²) < 4.78 is 11.5. The number of amidine groups is 1. The molecule has 0 aliphatic heterocycles. The molecule has 0 fully saturated rings. The minimum absolute atomic E-state index is 0.319. The highest BCUT2D eigenvalue weighted by Gasteiger charge is 1.92. The molecule has 0 aliphatic rings. The number of nitrogens with one attached hydrogen (secondary N) is 1. The summed E-state index contributed by atoms with van der Waals surface area (Å²) in [6, 6.07) is 0. The molecule has 9 heavy (non-hydrogen) atoms. The Labute approximate surface area is 54.1 Å². The number of hydrogen-bond donors (Lipinski definition) is 2. The summed E-state index contributed by atoms with van der Waals surface area (Å²) in [6.45, 7) is -0.319. The van der Waals surface area contributed by atoms with Gasteiger partial charge < -0.3 is 5.43 Å². The number of alkyl halides is 1. The van der Waals surface area contributed by atoms with Crippen LogP contribution in [0.4, 0.5) is 4.39 Å². The third kappa shape index (κ3) is 3.90. The van der Waals surface area contributed by atoms with E-state index in [-0.39, 0.29) is 6.67 Å². The average molecular weight is 133 g/mol. The van der Waals surface area contributed by atoms with Crippen molar-refractivity contribution in [3.63, 3.8) is 0 Å². The molecular formula is C5H12FN3. The van der Waals surface area contributed by atoms with E-state index in [0.717, 1.165) is 0 Å². The lowest BCUT2D eigenvalue weighted by Gasteiger charge is -2.00. The molecule has 0 saturated heterocycles. The van der Waals surface area contributed by atoms with Crippen LogP contribution in [0.15, 0.2) is 4.99 Å². The molecule has 0 aliphatic carbocycles. The fourth-order valence-corrected chi connectivity index (χ4v) is 0.483. The van der Waals surface area contributed by atoms with E-state index >= 15 is 0 Å².